The van der Waals surface area contributed by atoms with Crippen LogP contribution in [-0.2, 0) is 10.5 Å². The van der Waals surface area contributed by atoms with Crippen LogP contribution in [-0.4, -0.2) is 23.2 Å². The third-order valence-electron chi connectivity index (χ3n) is 1.89. The molecule has 0 atom stereocenters. The molecule has 0 fully saturated rings. The summed E-state index contributed by atoms with van der Waals surface area (Å²) >= 11 is 0. The maximum atomic E-state index is 10.5. The minimum Gasteiger partial charge on any atom is -0.258 e. The summed E-state index contributed by atoms with van der Waals surface area (Å²) in [6.07, 6.45) is 1.30. The number of nitro groups is 1. The molecular weight excluding hydrogens is 236 g/mol. The predicted molar refractivity (Wildman–Crippen MR) is 53.1 cm³/mol. The van der Waals surface area contributed by atoms with E-state index in [-0.39, 0.29) is 5.69 Å². The van der Waals surface area contributed by atoms with Gasteiger partial charge in [0.15, 0.2) is 0 Å². The Morgan fingerprint density at radius 2 is 2.19 bits per heavy atom. The van der Waals surface area contributed by atoms with Crippen molar-refractivity contribution in [3.8, 4) is 0 Å². The number of nitrogens with zero attached hydrogens (tertiary/aromatic N) is 4. The first kappa shape index (κ1) is 10.2. The third-order valence-corrected chi connectivity index (χ3v) is 2.18. The molecule has 1 heterocycles. The molecule has 9 heteroatoms. The van der Waals surface area contributed by atoms with Crippen molar-refractivity contribution in [3.63, 3.8) is 0 Å². The van der Waals surface area contributed by atoms with Gasteiger partial charge in [-0.1, -0.05) is 0 Å². The van der Waals surface area contributed by atoms with Crippen LogP contribution in [0.3, 0.4) is 0 Å². The predicted octanol–water partition coefficient (Wildman–Crippen LogP) is 0.770. The minimum absolute atomic E-state index is 0.0877. The van der Waals surface area contributed by atoms with Crippen LogP contribution in [0.1, 0.15) is 0 Å². The quantitative estimate of drug-likeness (QED) is 0.569. The second kappa shape index (κ2) is 3.70. The first-order chi connectivity index (χ1) is 7.58. The van der Waals surface area contributed by atoms with Crippen LogP contribution in [0.15, 0.2) is 28.9 Å². The molecule has 0 radical (unpaired) electrons. The van der Waals surface area contributed by atoms with E-state index in [2.05, 4.69) is 9.57 Å². The molecule has 2 rings (SSSR count). The maximum Gasteiger partial charge on any atom is 0.334 e. The summed E-state index contributed by atoms with van der Waals surface area (Å²) in [6.45, 7) is 0. The van der Waals surface area contributed by atoms with Gasteiger partial charge in [0.1, 0.15) is 0 Å². The van der Waals surface area contributed by atoms with Crippen molar-refractivity contribution in [1.29, 1.82) is 0 Å². The molecule has 0 unspecified atom stereocenters. The Morgan fingerprint density at radius 3 is 2.81 bits per heavy atom. The second-order valence-corrected chi connectivity index (χ2v) is 3.43. The maximum absolute atomic E-state index is 10.5. The lowest BCUT2D eigenvalue weighted by atomic mass is 10.2. The molecule has 0 saturated heterocycles. The van der Waals surface area contributed by atoms with Crippen LogP contribution in [0.25, 0.3) is 10.9 Å². The Kier molecular flexibility index (Phi) is 2.37. The molecule has 0 aliphatic rings. The molecule has 0 aliphatic heterocycles. The van der Waals surface area contributed by atoms with Gasteiger partial charge in [0.05, 0.1) is 16.6 Å². The van der Waals surface area contributed by atoms with Crippen LogP contribution in [0.2, 0.25) is 0 Å². The summed E-state index contributed by atoms with van der Waals surface area (Å²) in [5.41, 5.74) is 0.296. The number of hydrogen-bond donors (Lipinski definition) is 0. The van der Waals surface area contributed by atoms with Crippen LogP contribution >= 0.6 is 0 Å². The molecule has 2 aromatic rings. The topological polar surface area (TPSA) is 107 Å². The van der Waals surface area contributed by atoms with Gasteiger partial charge in [0.2, 0.25) is 0 Å². The molecule has 0 amide bonds. The summed E-state index contributed by atoms with van der Waals surface area (Å²) in [5, 5.41) is 14.6. The van der Waals surface area contributed by atoms with E-state index >= 15 is 0 Å². The Bertz CT molecular complexity index is 694. The lowest BCUT2D eigenvalue weighted by Crippen LogP contribution is -1.90. The van der Waals surface area contributed by atoms with Crippen LogP contribution < -0.4 is 0 Å². The molecule has 16 heavy (non-hydrogen) atoms. The van der Waals surface area contributed by atoms with Crippen molar-refractivity contribution in [2.45, 2.75) is 0 Å². The van der Waals surface area contributed by atoms with E-state index in [4.69, 9.17) is 0 Å². The van der Waals surface area contributed by atoms with Gasteiger partial charge in [0, 0.05) is 17.5 Å². The van der Waals surface area contributed by atoms with Gasteiger partial charge in [-0.25, -0.2) is 0 Å². The number of nitro benzene ring substituents is 1. The highest BCUT2D eigenvalue weighted by Gasteiger charge is 2.09. The van der Waals surface area contributed by atoms with E-state index in [9.17, 15) is 18.5 Å². The first-order valence-electron chi connectivity index (χ1n) is 4.01. The highest BCUT2D eigenvalue weighted by molar-refractivity contribution is 7.61. The molecule has 0 spiro atoms. The number of fused-ring (bicyclic) bond motifs is 1. The van der Waals surface area contributed by atoms with Crippen LogP contribution in [0.4, 0.5) is 5.69 Å². The number of benzene rings is 1. The van der Waals surface area contributed by atoms with Gasteiger partial charge >= 0.3 is 10.5 Å². The van der Waals surface area contributed by atoms with Gasteiger partial charge in [-0.3, -0.25) is 10.1 Å². The first-order valence-corrected chi connectivity index (χ1v) is 5.04. The molecule has 0 N–H and O–H groups in total. The van der Waals surface area contributed by atoms with E-state index in [0.29, 0.717) is 10.9 Å². The fourth-order valence-electron chi connectivity index (χ4n) is 1.25. The fraction of sp³-hybridized carbons (Fsp3) is 0. The molecule has 0 saturated carbocycles. The summed E-state index contributed by atoms with van der Waals surface area (Å²) in [7, 11) is -2.62. The largest absolute Gasteiger partial charge is 0.334 e. The van der Waals surface area contributed by atoms with Crippen LogP contribution in [0, 0.1) is 10.1 Å². The Hall–Kier alpha value is -2.29. The van der Waals surface area contributed by atoms with Gasteiger partial charge < -0.3 is 0 Å². The van der Waals surface area contributed by atoms with E-state index in [0.717, 1.165) is 4.79 Å². The lowest BCUT2D eigenvalue weighted by Gasteiger charge is -1.92. The summed E-state index contributed by atoms with van der Waals surface area (Å²) < 4.78 is 23.9. The van der Waals surface area contributed by atoms with E-state index in [1.807, 2.05) is 0 Å². The van der Waals surface area contributed by atoms with Crippen LogP contribution in [0.5, 0.6) is 0 Å². The molecule has 82 valence electrons. The lowest BCUT2D eigenvalue weighted by molar-refractivity contribution is -0.384. The Morgan fingerprint density at radius 1 is 1.44 bits per heavy atom. The zero-order chi connectivity index (χ0) is 11.7. The normalized spacial score (nSPS) is 10.2. The smallest absolute Gasteiger partial charge is 0.258 e. The van der Waals surface area contributed by atoms with Crippen molar-refractivity contribution in [1.82, 2.24) is 9.89 Å². The summed E-state index contributed by atoms with van der Waals surface area (Å²) in [6, 6.07) is 3.93. The fourth-order valence-corrected chi connectivity index (χ4v) is 1.50. The van der Waals surface area contributed by atoms with E-state index in [1.165, 1.54) is 24.4 Å². The molecule has 1 aromatic carbocycles. The van der Waals surface area contributed by atoms with Crippen molar-refractivity contribution in [3.05, 3.63) is 34.5 Å². The number of aromatic nitrogens is 2. The van der Waals surface area contributed by atoms with Crippen molar-refractivity contribution >= 4 is 27.1 Å². The van der Waals surface area contributed by atoms with Crippen molar-refractivity contribution in [2.75, 3.05) is 0 Å². The minimum atomic E-state index is -2.62. The third kappa shape index (κ3) is 1.75. The summed E-state index contributed by atoms with van der Waals surface area (Å²) in [5.74, 6) is 0. The molecule has 8 nitrogen and oxygen atoms in total. The molecular formula is C7H4N4O4S. The SMILES string of the molecule is O=[N+]([O-])c1ccc2c(cnn2N=S(=O)=O)c1. The number of hydrogen-bond acceptors (Lipinski definition) is 6. The van der Waals surface area contributed by atoms with Gasteiger partial charge in [0.25, 0.3) is 5.69 Å². The van der Waals surface area contributed by atoms with E-state index < -0.39 is 15.4 Å². The second-order valence-electron chi connectivity index (χ2n) is 2.83. The standard InChI is InChI=1S/C7H4N4O4S/c12-11(13)6-1-2-7-5(3-6)4-8-10(7)9-16(14)15/h1-4H. The molecule has 1 aromatic heterocycles. The Labute approximate surface area is 89.9 Å². The van der Waals surface area contributed by atoms with E-state index in [1.54, 1.807) is 0 Å². The Balaban J connectivity index is 2.68. The molecule has 0 bridgehead atoms. The summed E-state index contributed by atoms with van der Waals surface area (Å²) in [4.78, 5) is 10.8. The zero-order valence-electron chi connectivity index (χ0n) is 7.64. The van der Waals surface area contributed by atoms with Crippen molar-refractivity contribution in [2.24, 2.45) is 4.47 Å². The van der Waals surface area contributed by atoms with Gasteiger partial charge in [-0.05, 0) is 10.5 Å². The molecule has 0 aliphatic carbocycles. The average Bonchev–Trinajstić information content (AvgIpc) is 2.60. The van der Waals surface area contributed by atoms with Gasteiger partial charge in [-0.15, -0.1) is 4.79 Å². The average molecular weight is 240 g/mol. The highest BCUT2D eigenvalue weighted by Crippen LogP contribution is 2.20. The highest BCUT2D eigenvalue weighted by atomic mass is 32.2. The number of non-ortho nitro benzene ring substituents is 1. The number of rotatable bonds is 2. The zero-order valence-corrected chi connectivity index (χ0v) is 8.46. The van der Waals surface area contributed by atoms with Gasteiger partial charge in [-0.2, -0.15) is 13.5 Å². The monoisotopic (exact) mass is 240 g/mol. The van der Waals surface area contributed by atoms with Crippen molar-refractivity contribution < 1.29 is 13.3 Å².